The number of amides is 2. The molecule has 1 saturated heterocycles. The largest absolute Gasteiger partial charge is 0.373 e. The van der Waals surface area contributed by atoms with Crippen LogP contribution < -0.4 is 0 Å². The molecule has 1 rings (SSSR count). The number of hydrogen-bond donors (Lipinski definition) is 0. The highest BCUT2D eigenvalue weighted by molar-refractivity contribution is 14.1. The predicted molar refractivity (Wildman–Crippen MR) is 54.8 cm³/mol. The van der Waals surface area contributed by atoms with Gasteiger partial charge in [-0.1, -0.05) is 22.6 Å². The number of halogens is 1. The molecule has 0 aromatic carbocycles. The SMILES string of the molecule is CC=C(CI)ON1C(=O)CCC1=O. The summed E-state index contributed by atoms with van der Waals surface area (Å²) in [5.41, 5.74) is 0. The number of allylic oxidation sites excluding steroid dienone is 2. The zero-order valence-corrected chi connectivity index (χ0v) is 9.41. The van der Waals surface area contributed by atoms with Crippen LogP contribution in [0.4, 0.5) is 0 Å². The summed E-state index contributed by atoms with van der Waals surface area (Å²) in [6, 6.07) is 0. The van der Waals surface area contributed by atoms with Gasteiger partial charge >= 0.3 is 0 Å². The maximum absolute atomic E-state index is 11.1. The second-order valence-electron chi connectivity index (χ2n) is 2.56. The Morgan fingerprint density at radius 3 is 2.46 bits per heavy atom. The molecular weight excluding hydrogens is 285 g/mol. The lowest BCUT2D eigenvalue weighted by Crippen LogP contribution is -2.29. The third-order valence-corrected chi connectivity index (χ3v) is 2.42. The predicted octanol–water partition coefficient (Wildman–Crippen LogP) is 1.41. The Labute approximate surface area is 90.0 Å². The topological polar surface area (TPSA) is 46.6 Å². The molecule has 0 aromatic rings. The van der Waals surface area contributed by atoms with Crippen molar-refractivity contribution in [3.8, 4) is 0 Å². The quantitative estimate of drug-likeness (QED) is 0.342. The molecule has 1 aliphatic rings. The molecule has 0 aliphatic carbocycles. The van der Waals surface area contributed by atoms with E-state index in [9.17, 15) is 9.59 Å². The number of imide groups is 1. The van der Waals surface area contributed by atoms with E-state index in [-0.39, 0.29) is 24.7 Å². The lowest BCUT2D eigenvalue weighted by atomic mass is 10.4. The molecular formula is C8H10INO3. The highest BCUT2D eigenvalue weighted by Crippen LogP contribution is 2.15. The summed E-state index contributed by atoms with van der Waals surface area (Å²) >= 11 is 2.11. The first-order chi connectivity index (χ1) is 6.19. The smallest absolute Gasteiger partial charge is 0.263 e. The molecule has 72 valence electrons. The second kappa shape index (κ2) is 4.59. The standard InChI is InChI=1S/C8H10INO3/c1-2-6(5-9)13-10-7(11)3-4-8(10)12/h2H,3-5H2,1H3. The maximum atomic E-state index is 11.1. The fraction of sp³-hybridized carbons (Fsp3) is 0.500. The molecule has 0 saturated carbocycles. The van der Waals surface area contributed by atoms with Crippen molar-refractivity contribution < 1.29 is 14.4 Å². The summed E-state index contributed by atoms with van der Waals surface area (Å²) in [5.74, 6) is 0.118. The Kier molecular flexibility index (Phi) is 3.71. The Balaban J connectivity index is 2.62. The van der Waals surface area contributed by atoms with Crippen molar-refractivity contribution in [1.29, 1.82) is 0 Å². The Morgan fingerprint density at radius 2 is 2.08 bits per heavy atom. The van der Waals surface area contributed by atoms with E-state index in [1.807, 2.05) is 0 Å². The molecule has 2 amide bonds. The molecule has 13 heavy (non-hydrogen) atoms. The normalized spacial score (nSPS) is 18.3. The summed E-state index contributed by atoms with van der Waals surface area (Å²) in [7, 11) is 0. The fourth-order valence-corrected chi connectivity index (χ4v) is 1.51. The summed E-state index contributed by atoms with van der Waals surface area (Å²) in [6.45, 7) is 1.80. The summed E-state index contributed by atoms with van der Waals surface area (Å²) in [5, 5.41) is 0.855. The molecule has 1 aliphatic heterocycles. The molecule has 0 atom stereocenters. The lowest BCUT2D eigenvalue weighted by molar-refractivity contribution is -0.176. The van der Waals surface area contributed by atoms with Crippen LogP contribution in [0.3, 0.4) is 0 Å². The molecule has 0 unspecified atom stereocenters. The van der Waals surface area contributed by atoms with Crippen molar-refractivity contribution in [2.24, 2.45) is 0 Å². The highest BCUT2D eigenvalue weighted by Gasteiger charge is 2.31. The van der Waals surface area contributed by atoms with Crippen LogP contribution in [0.25, 0.3) is 0 Å². The first kappa shape index (κ1) is 10.5. The van der Waals surface area contributed by atoms with Crippen LogP contribution >= 0.6 is 22.6 Å². The Bertz CT molecular complexity index is 246. The van der Waals surface area contributed by atoms with Gasteiger partial charge in [-0.25, -0.2) is 0 Å². The van der Waals surface area contributed by atoms with E-state index in [4.69, 9.17) is 4.84 Å². The van der Waals surface area contributed by atoms with E-state index in [2.05, 4.69) is 22.6 Å². The van der Waals surface area contributed by atoms with E-state index >= 15 is 0 Å². The third kappa shape index (κ3) is 2.43. The van der Waals surface area contributed by atoms with E-state index in [1.165, 1.54) is 0 Å². The molecule has 4 nitrogen and oxygen atoms in total. The van der Waals surface area contributed by atoms with Gasteiger partial charge in [0.25, 0.3) is 11.8 Å². The van der Waals surface area contributed by atoms with Gasteiger partial charge < -0.3 is 4.84 Å². The van der Waals surface area contributed by atoms with Gasteiger partial charge in [-0.15, -0.1) is 5.06 Å². The molecule has 1 fully saturated rings. The van der Waals surface area contributed by atoms with Crippen molar-refractivity contribution in [2.45, 2.75) is 19.8 Å². The number of hydrogen-bond acceptors (Lipinski definition) is 3. The van der Waals surface area contributed by atoms with Crippen LogP contribution in [-0.2, 0) is 14.4 Å². The van der Waals surface area contributed by atoms with Crippen molar-refractivity contribution in [1.82, 2.24) is 5.06 Å². The van der Waals surface area contributed by atoms with Crippen LogP contribution in [0.5, 0.6) is 0 Å². The van der Waals surface area contributed by atoms with Gasteiger partial charge in [-0.3, -0.25) is 9.59 Å². The van der Waals surface area contributed by atoms with Crippen LogP contribution in [0.2, 0.25) is 0 Å². The first-order valence-corrected chi connectivity index (χ1v) is 5.46. The highest BCUT2D eigenvalue weighted by atomic mass is 127. The minimum atomic E-state index is -0.255. The number of carbonyl (C=O) groups excluding carboxylic acids is 2. The van der Waals surface area contributed by atoms with Gasteiger partial charge in [-0.2, -0.15) is 0 Å². The average Bonchev–Trinajstić information content (AvgIpc) is 2.44. The second-order valence-corrected chi connectivity index (χ2v) is 3.32. The van der Waals surface area contributed by atoms with Crippen molar-refractivity contribution in [3.05, 3.63) is 11.8 Å². The zero-order chi connectivity index (χ0) is 9.84. The van der Waals surface area contributed by atoms with Crippen LogP contribution in [0, 0.1) is 0 Å². The van der Waals surface area contributed by atoms with E-state index < -0.39 is 0 Å². The van der Waals surface area contributed by atoms with Gasteiger partial charge in [0, 0.05) is 12.8 Å². The molecule has 0 N–H and O–H groups in total. The van der Waals surface area contributed by atoms with Gasteiger partial charge in [0.15, 0.2) is 0 Å². The number of carbonyl (C=O) groups is 2. The summed E-state index contributed by atoms with van der Waals surface area (Å²) in [4.78, 5) is 27.3. The van der Waals surface area contributed by atoms with Crippen LogP contribution in [0.15, 0.2) is 11.8 Å². The van der Waals surface area contributed by atoms with Crippen LogP contribution in [-0.4, -0.2) is 21.3 Å². The van der Waals surface area contributed by atoms with E-state index in [1.54, 1.807) is 13.0 Å². The maximum Gasteiger partial charge on any atom is 0.263 e. The number of nitrogens with zero attached hydrogens (tertiary/aromatic N) is 1. The van der Waals surface area contributed by atoms with Crippen molar-refractivity contribution in [3.63, 3.8) is 0 Å². The van der Waals surface area contributed by atoms with Gasteiger partial charge in [0.05, 0.1) is 4.43 Å². The van der Waals surface area contributed by atoms with E-state index in [0.717, 1.165) is 5.06 Å². The molecule has 0 bridgehead atoms. The average molecular weight is 295 g/mol. The molecule has 0 spiro atoms. The van der Waals surface area contributed by atoms with Gasteiger partial charge in [0.1, 0.15) is 5.76 Å². The van der Waals surface area contributed by atoms with Crippen molar-refractivity contribution >= 4 is 34.4 Å². The minimum absolute atomic E-state index is 0.255. The zero-order valence-electron chi connectivity index (χ0n) is 7.25. The number of rotatable bonds is 3. The Morgan fingerprint density at radius 1 is 1.54 bits per heavy atom. The van der Waals surface area contributed by atoms with E-state index in [0.29, 0.717) is 10.2 Å². The molecule has 5 heteroatoms. The Hall–Kier alpha value is -0.590. The molecule has 0 radical (unpaired) electrons. The minimum Gasteiger partial charge on any atom is -0.373 e. The number of alkyl halides is 1. The summed E-state index contributed by atoms with van der Waals surface area (Å²) in [6.07, 6.45) is 2.26. The molecule has 0 aromatic heterocycles. The number of hydroxylamine groups is 2. The molecule has 1 heterocycles. The monoisotopic (exact) mass is 295 g/mol. The lowest BCUT2D eigenvalue weighted by Gasteiger charge is -2.15. The fourth-order valence-electron chi connectivity index (χ4n) is 0.929. The van der Waals surface area contributed by atoms with Crippen LogP contribution in [0.1, 0.15) is 19.8 Å². The van der Waals surface area contributed by atoms with Crippen molar-refractivity contribution in [2.75, 3.05) is 4.43 Å². The van der Waals surface area contributed by atoms with Gasteiger partial charge in [-0.05, 0) is 13.0 Å². The first-order valence-electron chi connectivity index (χ1n) is 3.94. The third-order valence-electron chi connectivity index (χ3n) is 1.67. The summed E-state index contributed by atoms with van der Waals surface area (Å²) < 4.78 is 0.644. The van der Waals surface area contributed by atoms with Gasteiger partial charge in [0.2, 0.25) is 0 Å².